The summed E-state index contributed by atoms with van der Waals surface area (Å²) in [6.07, 6.45) is 0. The average molecular weight is 355 g/mol. The van der Waals surface area contributed by atoms with Crippen molar-refractivity contribution in [3.63, 3.8) is 0 Å². The number of nitrogens with zero attached hydrogens (tertiary/aromatic N) is 1. The first-order chi connectivity index (χ1) is 12.6. The Hall–Kier alpha value is -3.02. The summed E-state index contributed by atoms with van der Waals surface area (Å²) in [6, 6.07) is 10.3. The molecular weight excluding hydrogens is 337 g/mol. The predicted molar refractivity (Wildman–Crippen MR) is 93.9 cm³/mol. The lowest BCUT2D eigenvalue weighted by Crippen LogP contribution is -2.30. The molecule has 5 nitrogen and oxygen atoms in total. The minimum atomic E-state index is -0.469. The fourth-order valence-corrected chi connectivity index (χ4v) is 3.14. The molecule has 0 bridgehead atoms. The van der Waals surface area contributed by atoms with Crippen LogP contribution in [-0.2, 0) is 6.54 Å². The summed E-state index contributed by atoms with van der Waals surface area (Å²) in [5.41, 5.74) is 1.69. The third kappa shape index (κ3) is 2.67. The molecule has 0 aliphatic carbocycles. The Kier molecular flexibility index (Phi) is 4.03. The number of carbonyl (C=O) groups excluding carboxylic acids is 1. The molecule has 0 atom stereocenters. The van der Waals surface area contributed by atoms with Gasteiger partial charge in [0, 0.05) is 24.0 Å². The normalized spacial score (nSPS) is 12.6. The molecule has 1 aromatic heterocycles. The lowest BCUT2D eigenvalue weighted by Gasteiger charge is -2.20. The summed E-state index contributed by atoms with van der Waals surface area (Å²) in [6.45, 7) is 4.76. The smallest absolute Gasteiger partial charge is 0.290 e. The zero-order valence-electron chi connectivity index (χ0n) is 14.5. The molecule has 4 rings (SSSR count). The van der Waals surface area contributed by atoms with Crippen molar-refractivity contribution in [1.29, 1.82) is 0 Å². The van der Waals surface area contributed by atoms with Gasteiger partial charge in [-0.05, 0) is 37.6 Å². The van der Waals surface area contributed by atoms with Crippen LogP contribution in [0.4, 0.5) is 4.39 Å². The van der Waals surface area contributed by atoms with Gasteiger partial charge in [-0.1, -0.05) is 18.2 Å². The van der Waals surface area contributed by atoms with Crippen molar-refractivity contribution in [2.45, 2.75) is 20.4 Å². The van der Waals surface area contributed by atoms with Gasteiger partial charge >= 0.3 is 0 Å². The second-order valence-corrected chi connectivity index (χ2v) is 6.18. The van der Waals surface area contributed by atoms with Crippen molar-refractivity contribution in [1.82, 2.24) is 4.90 Å². The number of hydrogen-bond acceptors (Lipinski definition) is 4. The first-order valence-corrected chi connectivity index (χ1v) is 8.44. The lowest BCUT2D eigenvalue weighted by molar-refractivity contribution is 0.0721. The van der Waals surface area contributed by atoms with E-state index in [0.29, 0.717) is 35.5 Å². The molecule has 6 heteroatoms. The number of ether oxygens (including phenoxy) is 2. The van der Waals surface area contributed by atoms with Gasteiger partial charge in [0.1, 0.15) is 0 Å². The van der Waals surface area contributed by atoms with E-state index in [1.54, 1.807) is 24.0 Å². The largest absolute Gasteiger partial charge is 0.454 e. The lowest BCUT2D eigenvalue weighted by atomic mass is 10.1. The number of hydrogen-bond donors (Lipinski definition) is 0. The highest BCUT2D eigenvalue weighted by Gasteiger charge is 2.24. The SMILES string of the molecule is CCN(Cc1ccc2c(c1)OCO2)C(=O)c1oc2c(F)cccc2c1C. The van der Waals surface area contributed by atoms with Gasteiger partial charge in [-0.25, -0.2) is 4.39 Å². The van der Waals surface area contributed by atoms with E-state index >= 15 is 0 Å². The van der Waals surface area contributed by atoms with E-state index < -0.39 is 5.82 Å². The Bertz CT molecular complexity index is 995. The minimum absolute atomic E-state index is 0.118. The van der Waals surface area contributed by atoms with Crippen LogP contribution < -0.4 is 9.47 Å². The molecule has 1 amide bonds. The molecule has 3 aromatic rings. The highest BCUT2D eigenvalue weighted by atomic mass is 19.1. The highest BCUT2D eigenvalue weighted by Crippen LogP contribution is 2.33. The average Bonchev–Trinajstić information content (AvgIpc) is 3.24. The van der Waals surface area contributed by atoms with E-state index in [4.69, 9.17) is 13.9 Å². The van der Waals surface area contributed by atoms with Gasteiger partial charge in [-0.3, -0.25) is 4.79 Å². The molecule has 26 heavy (non-hydrogen) atoms. The molecule has 2 aromatic carbocycles. The van der Waals surface area contributed by atoms with Crippen molar-refractivity contribution < 1.29 is 23.1 Å². The molecule has 1 aliphatic rings. The summed E-state index contributed by atoms with van der Waals surface area (Å²) < 4.78 is 30.2. The maximum atomic E-state index is 14.0. The van der Waals surface area contributed by atoms with E-state index in [-0.39, 0.29) is 24.0 Å². The van der Waals surface area contributed by atoms with Gasteiger partial charge in [0.15, 0.2) is 28.7 Å². The molecule has 0 saturated carbocycles. The van der Waals surface area contributed by atoms with E-state index in [1.807, 2.05) is 25.1 Å². The number of para-hydroxylation sites is 1. The molecule has 0 unspecified atom stereocenters. The van der Waals surface area contributed by atoms with Crippen LogP contribution >= 0.6 is 0 Å². The van der Waals surface area contributed by atoms with Crippen LogP contribution in [0.3, 0.4) is 0 Å². The third-order valence-electron chi connectivity index (χ3n) is 4.59. The number of furan rings is 1. The number of benzene rings is 2. The first-order valence-electron chi connectivity index (χ1n) is 8.44. The van der Waals surface area contributed by atoms with Gasteiger partial charge < -0.3 is 18.8 Å². The van der Waals surface area contributed by atoms with E-state index in [2.05, 4.69) is 0 Å². The molecular formula is C20H18FNO4. The van der Waals surface area contributed by atoms with Gasteiger partial charge in [0.05, 0.1) is 0 Å². The van der Waals surface area contributed by atoms with Crippen LogP contribution in [-0.4, -0.2) is 24.1 Å². The number of aryl methyl sites for hydroxylation is 1. The fraction of sp³-hybridized carbons (Fsp3) is 0.250. The molecule has 1 aliphatic heterocycles. The third-order valence-corrected chi connectivity index (χ3v) is 4.59. The van der Waals surface area contributed by atoms with E-state index in [0.717, 1.165) is 5.56 Å². The van der Waals surface area contributed by atoms with Crippen LogP contribution in [0.5, 0.6) is 11.5 Å². The van der Waals surface area contributed by atoms with Crippen LogP contribution in [0.2, 0.25) is 0 Å². The molecule has 0 spiro atoms. The first kappa shape index (κ1) is 16.4. The molecule has 134 valence electrons. The zero-order valence-corrected chi connectivity index (χ0v) is 14.5. The standard InChI is InChI=1S/C20H18FNO4/c1-3-22(10-13-7-8-16-17(9-13)25-11-24-16)20(23)18-12(2)14-5-4-6-15(21)19(14)26-18/h4-9H,3,10-11H2,1-2H3. The van der Waals surface area contributed by atoms with Crippen LogP contribution in [0.15, 0.2) is 40.8 Å². The maximum absolute atomic E-state index is 14.0. The van der Waals surface area contributed by atoms with Gasteiger partial charge in [-0.2, -0.15) is 0 Å². The maximum Gasteiger partial charge on any atom is 0.290 e. The van der Waals surface area contributed by atoms with E-state index in [9.17, 15) is 9.18 Å². The van der Waals surface area contributed by atoms with E-state index in [1.165, 1.54) is 6.07 Å². The zero-order chi connectivity index (χ0) is 18.3. The quantitative estimate of drug-likeness (QED) is 0.701. The summed E-state index contributed by atoms with van der Waals surface area (Å²) >= 11 is 0. The summed E-state index contributed by atoms with van der Waals surface area (Å²) in [5, 5.41) is 0.618. The van der Waals surface area contributed by atoms with Gasteiger partial charge in [0.25, 0.3) is 5.91 Å². The molecule has 0 saturated heterocycles. The Labute approximate surface area is 149 Å². The van der Waals surface area contributed by atoms with Crippen molar-refractivity contribution in [2.75, 3.05) is 13.3 Å². The van der Waals surface area contributed by atoms with Crippen LogP contribution in [0.25, 0.3) is 11.0 Å². The summed E-state index contributed by atoms with van der Waals surface area (Å²) in [5.74, 6) is 0.814. The van der Waals surface area contributed by atoms with Crippen molar-refractivity contribution >= 4 is 16.9 Å². The Morgan fingerprint density at radius 3 is 2.77 bits per heavy atom. The summed E-state index contributed by atoms with van der Waals surface area (Å²) in [7, 11) is 0. The molecule has 2 heterocycles. The molecule has 0 radical (unpaired) electrons. The van der Waals surface area contributed by atoms with Gasteiger partial charge in [-0.15, -0.1) is 0 Å². The number of rotatable bonds is 4. The van der Waals surface area contributed by atoms with Crippen molar-refractivity contribution in [2.24, 2.45) is 0 Å². The predicted octanol–water partition coefficient (Wildman–Crippen LogP) is 4.27. The van der Waals surface area contributed by atoms with Crippen LogP contribution in [0, 0.1) is 12.7 Å². The topological polar surface area (TPSA) is 51.9 Å². The second-order valence-electron chi connectivity index (χ2n) is 6.18. The fourth-order valence-electron chi connectivity index (χ4n) is 3.14. The number of halogens is 1. The van der Waals surface area contributed by atoms with Crippen LogP contribution in [0.1, 0.15) is 28.6 Å². The minimum Gasteiger partial charge on any atom is -0.454 e. The van der Waals surface area contributed by atoms with Crippen molar-refractivity contribution in [3.05, 3.63) is 59.1 Å². The monoisotopic (exact) mass is 355 g/mol. The Morgan fingerprint density at radius 1 is 1.19 bits per heavy atom. The van der Waals surface area contributed by atoms with Gasteiger partial charge in [0.2, 0.25) is 6.79 Å². The number of carbonyl (C=O) groups is 1. The number of fused-ring (bicyclic) bond motifs is 2. The Morgan fingerprint density at radius 2 is 2.00 bits per heavy atom. The Balaban J connectivity index is 1.63. The second kappa shape index (κ2) is 6.37. The summed E-state index contributed by atoms with van der Waals surface area (Å²) in [4.78, 5) is 14.6. The van der Waals surface area contributed by atoms with Crippen molar-refractivity contribution in [3.8, 4) is 11.5 Å². The number of amides is 1. The molecule has 0 fully saturated rings. The highest BCUT2D eigenvalue weighted by molar-refractivity contribution is 5.99. The molecule has 0 N–H and O–H groups in total.